The molecule has 3 aromatic rings. The molecule has 0 bridgehead atoms. The highest BCUT2D eigenvalue weighted by molar-refractivity contribution is 6.06. The number of nitrogens with zero attached hydrogens (tertiary/aromatic N) is 2. The summed E-state index contributed by atoms with van der Waals surface area (Å²) >= 11 is 0. The molecule has 2 heterocycles. The molecule has 1 aromatic heterocycles. The lowest BCUT2D eigenvalue weighted by molar-refractivity contribution is 0.0910. The first-order valence-electron chi connectivity index (χ1n) is 10.6. The van der Waals surface area contributed by atoms with E-state index in [0.29, 0.717) is 0 Å². The van der Waals surface area contributed by atoms with Crippen LogP contribution in [0, 0.1) is 13.8 Å². The van der Waals surface area contributed by atoms with Gasteiger partial charge in [0.15, 0.2) is 0 Å². The zero-order chi connectivity index (χ0) is 21.1. The van der Waals surface area contributed by atoms with Gasteiger partial charge in [-0.05, 0) is 51.0 Å². The first kappa shape index (κ1) is 20.4. The van der Waals surface area contributed by atoms with Gasteiger partial charge in [0.05, 0.1) is 18.2 Å². The van der Waals surface area contributed by atoms with Crippen LogP contribution in [0.25, 0.3) is 10.9 Å². The molecule has 156 valence electrons. The van der Waals surface area contributed by atoms with Crippen molar-refractivity contribution < 1.29 is 9.53 Å². The van der Waals surface area contributed by atoms with Crippen LogP contribution in [0.1, 0.15) is 40.0 Å². The molecule has 2 aromatic carbocycles. The molecular weight excluding hydrogens is 374 g/mol. The Morgan fingerprint density at radius 3 is 2.67 bits per heavy atom. The van der Waals surface area contributed by atoms with Crippen molar-refractivity contribution in [3.63, 3.8) is 0 Å². The number of likely N-dealkylation sites (tertiary alicyclic amines) is 1. The Balaban J connectivity index is 1.40. The van der Waals surface area contributed by atoms with E-state index in [1.54, 1.807) is 7.11 Å². The van der Waals surface area contributed by atoms with Gasteiger partial charge in [-0.15, -0.1) is 0 Å². The molecule has 0 radical (unpaired) electrons. The lowest BCUT2D eigenvalue weighted by Gasteiger charge is -2.32. The van der Waals surface area contributed by atoms with Crippen molar-refractivity contribution in [1.29, 1.82) is 0 Å². The van der Waals surface area contributed by atoms with E-state index in [2.05, 4.69) is 21.3 Å². The number of aryl methyl sites for hydroxylation is 2. The normalized spacial score (nSPS) is 15.3. The Labute approximate surface area is 178 Å². The number of benzene rings is 2. The first-order chi connectivity index (χ1) is 14.5. The minimum Gasteiger partial charge on any atom is -0.496 e. The maximum atomic E-state index is 13.1. The summed E-state index contributed by atoms with van der Waals surface area (Å²) in [7, 11) is 1.71. The zero-order valence-corrected chi connectivity index (χ0v) is 17.9. The van der Waals surface area contributed by atoms with Crippen LogP contribution in [0.5, 0.6) is 5.75 Å². The molecule has 1 amide bonds. The number of methoxy groups -OCH3 is 1. The summed E-state index contributed by atoms with van der Waals surface area (Å²) in [5.41, 5.74) is 4.79. The second-order valence-corrected chi connectivity index (χ2v) is 8.17. The number of aromatic nitrogens is 1. The SMILES string of the molecule is COc1ccccc1CN1CCC(NC(=O)c2cc(C)nc3ccc(C)cc23)CC1. The minimum atomic E-state index is -0.000668. The van der Waals surface area contributed by atoms with Crippen molar-refractivity contribution in [3.8, 4) is 5.75 Å². The van der Waals surface area contributed by atoms with Crippen LogP contribution >= 0.6 is 0 Å². The summed E-state index contributed by atoms with van der Waals surface area (Å²) in [5.74, 6) is 0.933. The monoisotopic (exact) mass is 403 g/mol. The van der Waals surface area contributed by atoms with Crippen LogP contribution < -0.4 is 10.1 Å². The molecule has 1 fully saturated rings. The van der Waals surface area contributed by atoms with Crippen LogP contribution in [0.4, 0.5) is 0 Å². The van der Waals surface area contributed by atoms with Crippen LogP contribution in [-0.4, -0.2) is 42.0 Å². The Hall–Kier alpha value is -2.92. The Morgan fingerprint density at radius 2 is 1.90 bits per heavy atom. The highest BCUT2D eigenvalue weighted by Gasteiger charge is 2.23. The summed E-state index contributed by atoms with van der Waals surface area (Å²) in [4.78, 5) is 20.1. The number of rotatable bonds is 5. The van der Waals surface area contributed by atoms with E-state index in [0.717, 1.165) is 65.9 Å². The van der Waals surface area contributed by atoms with Crippen LogP contribution in [0.3, 0.4) is 0 Å². The fourth-order valence-corrected chi connectivity index (χ4v) is 4.23. The predicted octanol–water partition coefficient (Wildman–Crippen LogP) is 4.25. The molecule has 0 aliphatic carbocycles. The molecule has 30 heavy (non-hydrogen) atoms. The van der Waals surface area contributed by atoms with Crippen LogP contribution in [0.2, 0.25) is 0 Å². The quantitative estimate of drug-likeness (QED) is 0.692. The largest absolute Gasteiger partial charge is 0.496 e. The lowest BCUT2D eigenvalue weighted by Crippen LogP contribution is -2.44. The smallest absolute Gasteiger partial charge is 0.252 e. The van der Waals surface area contributed by atoms with Crippen LogP contribution in [0.15, 0.2) is 48.5 Å². The second-order valence-electron chi connectivity index (χ2n) is 8.17. The van der Waals surface area contributed by atoms with Gasteiger partial charge in [-0.2, -0.15) is 0 Å². The topological polar surface area (TPSA) is 54.5 Å². The van der Waals surface area contributed by atoms with E-state index >= 15 is 0 Å². The maximum absolute atomic E-state index is 13.1. The van der Waals surface area contributed by atoms with Crippen LogP contribution in [-0.2, 0) is 6.54 Å². The van der Waals surface area contributed by atoms with Gasteiger partial charge >= 0.3 is 0 Å². The molecule has 1 saturated heterocycles. The molecule has 0 atom stereocenters. The van der Waals surface area contributed by atoms with E-state index in [-0.39, 0.29) is 11.9 Å². The average Bonchev–Trinajstić information content (AvgIpc) is 2.75. The number of para-hydroxylation sites is 1. The van der Waals surface area contributed by atoms with Gasteiger partial charge in [0.2, 0.25) is 0 Å². The number of nitrogens with one attached hydrogen (secondary N) is 1. The van der Waals surface area contributed by atoms with Gasteiger partial charge in [0.1, 0.15) is 5.75 Å². The highest BCUT2D eigenvalue weighted by Crippen LogP contribution is 2.23. The van der Waals surface area contributed by atoms with Gasteiger partial charge in [0, 0.05) is 42.3 Å². The third-order valence-electron chi connectivity index (χ3n) is 5.85. The van der Waals surface area contributed by atoms with Gasteiger partial charge in [-0.3, -0.25) is 14.7 Å². The van der Waals surface area contributed by atoms with Gasteiger partial charge in [0.25, 0.3) is 5.91 Å². The summed E-state index contributed by atoms with van der Waals surface area (Å²) in [5, 5.41) is 4.19. The number of hydrogen-bond acceptors (Lipinski definition) is 4. The van der Waals surface area contributed by atoms with E-state index in [1.165, 1.54) is 5.56 Å². The number of pyridine rings is 1. The van der Waals surface area contributed by atoms with E-state index in [4.69, 9.17) is 4.74 Å². The average molecular weight is 404 g/mol. The van der Waals surface area contributed by atoms with Crippen molar-refractivity contribution in [2.24, 2.45) is 0 Å². The number of piperidine rings is 1. The standard InChI is InChI=1S/C25H29N3O2/c1-17-8-9-23-21(14-17)22(15-18(2)26-23)25(29)27-20-10-12-28(13-11-20)16-19-6-4-5-7-24(19)30-3/h4-9,14-15,20H,10-13,16H2,1-3H3,(H,27,29). The first-order valence-corrected chi connectivity index (χ1v) is 10.6. The second kappa shape index (κ2) is 8.84. The molecule has 0 unspecified atom stereocenters. The van der Waals surface area contributed by atoms with Crippen molar-refractivity contribution >= 4 is 16.8 Å². The van der Waals surface area contributed by atoms with Gasteiger partial charge < -0.3 is 10.1 Å². The number of amides is 1. The lowest BCUT2D eigenvalue weighted by atomic mass is 10.0. The molecule has 0 saturated carbocycles. The zero-order valence-electron chi connectivity index (χ0n) is 17.9. The number of ether oxygens (including phenoxy) is 1. The molecule has 1 aliphatic rings. The Bertz CT molecular complexity index is 1060. The highest BCUT2D eigenvalue weighted by atomic mass is 16.5. The number of fused-ring (bicyclic) bond motifs is 1. The summed E-state index contributed by atoms with van der Waals surface area (Å²) in [6.45, 7) is 6.76. The van der Waals surface area contributed by atoms with Gasteiger partial charge in [-0.1, -0.05) is 29.8 Å². The van der Waals surface area contributed by atoms with E-state index < -0.39 is 0 Å². The fraction of sp³-hybridized carbons (Fsp3) is 0.360. The molecule has 5 heteroatoms. The van der Waals surface area contributed by atoms with Crippen molar-refractivity contribution in [2.45, 2.75) is 39.3 Å². The maximum Gasteiger partial charge on any atom is 0.252 e. The van der Waals surface area contributed by atoms with E-state index in [1.807, 2.05) is 56.3 Å². The molecule has 0 spiro atoms. The third-order valence-corrected chi connectivity index (χ3v) is 5.85. The number of carbonyl (C=O) groups is 1. The molecule has 1 N–H and O–H groups in total. The van der Waals surface area contributed by atoms with Crippen molar-refractivity contribution in [3.05, 3.63) is 70.9 Å². The Morgan fingerprint density at radius 1 is 1.13 bits per heavy atom. The van der Waals surface area contributed by atoms with E-state index in [9.17, 15) is 4.79 Å². The van der Waals surface area contributed by atoms with Crippen molar-refractivity contribution in [2.75, 3.05) is 20.2 Å². The molecule has 5 nitrogen and oxygen atoms in total. The Kier molecular flexibility index (Phi) is 6.00. The van der Waals surface area contributed by atoms with Gasteiger partial charge in [-0.25, -0.2) is 0 Å². The summed E-state index contributed by atoms with van der Waals surface area (Å²) < 4.78 is 5.47. The summed E-state index contributed by atoms with van der Waals surface area (Å²) in [6, 6.07) is 16.3. The predicted molar refractivity (Wildman–Crippen MR) is 120 cm³/mol. The number of hydrogen-bond donors (Lipinski definition) is 1. The molecule has 1 aliphatic heterocycles. The fourth-order valence-electron chi connectivity index (χ4n) is 4.23. The number of carbonyl (C=O) groups excluding carboxylic acids is 1. The molecule has 4 rings (SSSR count). The third kappa shape index (κ3) is 4.46. The summed E-state index contributed by atoms with van der Waals surface area (Å²) in [6.07, 6.45) is 1.89. The van der Waals surface area contributed by atoms with Crippen molar-refractivity contribution in [1.82, 2.24) is 15.2 Å². The molecular formula is C25H29N3O2. The minimum absolute atomic E-state index is 0.000668.